The third-order valence-corrected chi connectivity index (χ3v) is 7.13. The van der Waals surface area contributed by atoms with Crippen LogP contribution in [0.2, 0.25) is 5.02 Å². The van der Waals surface area contributed by atoms with Crippen molar-refractivity contribution in [1.82, 2.24) is 0 Å². The van der Waals surface area contributed by atoms with Gasteiger partial charge in [0.1, 0.15) is 6.10 Å². The number of hydrogen-bond acceptors (Lipinski definition) is 7. The summed E-state index contributed by atoms with van der Waals surface area (Å²) in [5.74, 6) is -0.494. The zero-order chi connectivity index (χ0) is 25.2. The van der Waals surface area contributed by atoms with E-state index in [0.717, 1.165) is 11.8 Å². The van der Waals surface area contributed by atoms with Gasteiger partial charge >= 0.3 is 0 Å². The standard InChI is InChI=1S/C25H26ClN3O5S/c1-34-25-21(24(31)23(30)17-6-3-2-4-7-17)15-20(35(27,32)33)16-22(25)29-12-10-28(11-13-29)19-9-5-8-18(26)14-19/h2-9,14-16,23,30H,10-13H2,1H3,(H2,27,32,33). The summed E-state index contributed by atoms with van der Waals surface area (Å²) < 4.78 is 30.1. The second kappa shape index (κ2) is 10.2. The van der Waals surface area contributed by atoms with E-state index in [1.807, 2.05) is 29.2 Å². The van der Waals surface area contributed by atoms with Gasteiger partial charge in [-0.25, -0.2) is 13.6 Å². The van der Waals surface area contributed by atoms with Crippen molar-refractivity contribution in [3.63, 3.8) is 0 Å². The maximum Gasteiger partial charge on any atom is 0.238 e. The summed E-state index contributed by atoms with van der Waals surface area (Å²) in [5, 5.41) is 16.8. The second-order valence-electron chi connectivity index (χ2n) is 8.20. The highest BCUT2D eigenvalue weighted by atomic mass is 35.5. The Morgan fingerprint density at radius 3 is 2.26 bits per heavy atom. The lowest BCUT2D eigenvalue weighted by molar-refractivity contribution is 0.0744. The third-order valence-electron chi connectivity index (χ3n) is 6.00. The smallest absolute Gasteiger partial charge is 0.238 e. The van der Waals surface area contributed by atoms with Crippen LogP contribution >= 0.6 is 11.6 Å². The molecule has 0 aromatic heterocycles. The molecule has 0 aliphatic carbocycles. The number of ketones is 1. The Hall–Kier alpha value is -3.11. The van der Waals surface area contributed by atoms with Crippen LogP contribution in [0.15, 0.2) is 71.6 Å². The summed E-state index contributed by atoms with van der Waals surface area (Å²) in [6.07, 6.45) is -1.49. The van der Waals surface area contributed by atoms with Crippen LogP contribution in [-0.4, -0.2) is 52.6 Å². The molecule has 0 spiro atoms. The van der Waals surface area contributed by atoms with E-state index in [9.17, 15) is 18.3 Å². The van der Waals surface area contributed by atoms with Crippen LogP contribution in [0, 0.1) is 0 Å². The zero-order valence-electron chi connectivity index (χ0n) is 19.1. The van der Waals surface area contributed by atoms with Crippen LogP contribution in [0.5, 0.6) is 5.75 Å². The van der Waals surface area contributed by atoms with Crippen molar-refractivity contribution in [1.29, 1.82) is 0 Å². The number of piperazine rings is 1. The summed E-state index contributed by atoms with van der Waals surface area (Å²) in [4.78, 5) is 17.2. The molecule has 0 amide bonds. The van der Waals surface area contributed by atoms with Crippen LogP contribution in [0.1, 0.15) is 22.0 Å². The van der Waals surface area contributed by atoms with Gasteiger partial charge in [-0.2, -0.15) is 0 Å². The summed E-state index contributed by atoms with van der Waals surface area (Å²) in [6, 6.07) is 18.6. The molecule has 184 valence electrons. The molecule has 3 aromatic rings. The summed E-state index contributed by atoms with van der Waals surface area (Å²) in [5.41, 5.74) is 1.75. The summed E-state index contributed by atoms with van der Waals surface area (Å²) in [7, 11) is -2.73. The Labute approximate surface area is 209 Å². The average molecular weight is 516 g/mol. The van der Waals surface area contributed by atoms with Gasteiger partial charge in [-0.05, 0) is 35.9 Å². The number of nitrogens with two attached hydrogens (primary N) is 1. The number of methoxy groups -OCH3 is 1. The Morgan fingerprint density at radius 2 is 1.66 bits per heavy atom. The van der Waals surface area contributed by atoms with Gasteiger partial charge < -0.3 is 19.6 Å². The number of sulfonamides is 1. The Kier molecular flexibility index (Phi) is 7.32. The van der Waals surface area contributed by atoms with Crippen LogP contribution in [-0.2, 0) is 10.0 Å². The maximum atomic E-state index is 13.3. The highest BCUT2D eigenvalue weighted by molar-refractivity contribution is 7.89. The number of aliphatic hydroxyl groups is 1. The summed E-state index contributed by atoms with van der Waals surface area (Å²) >= 11 is 6.13. The van der Waals surface area contributed by atoms with Crippen LogP contribution in [0.25, 0.3) is 0 Å². The van der Waals surface area contributed by atoms with Gasteiger partial charge in [0, 0.05) is 36.9 Å². The van der Waals surface area contributed by atoms with E-state index in [-0.39, 0.29) is 16.2 Å². The average Bonchev–Trinajstić information content (AvgIpc) is 2.87. The minimum absolute atomic E-state index is 0.0531. The molecule has 35 heavy (non-hydrogen) atoms. The molecule has 1 saturated heterocycles. The molecule has 3 aromatic carbocycles. The fourth-order valence-electron chi connectivity index (χ4n) is 4.20. The lowest BCUT2D eigenvalue weighted by Gasteiger charge is -2.38. The van der Waals surface area contributed by atoms with Crippen molar-refractivity contribution in [2.45, 2.75) is 11.0 Å². The number of ether oxygens (including phenoxy) is 1. The number of aliphatic hydroxyl groups excluding tert-OH is 1. The van der Waals surface area contributed by atoms with E-state index in [1.54, 1.807) is 30.3 Å². The largest absolute Gasteiger partial charge is 0.494 e. The molecule has 0 radical (unpaired) electrons. The second-order valence-corrected chi connectivity index (χ2v) is 10.2. The quantitative estimate of drug-likeness (QED) is 0.464. The first-order valence-electron chi connectivity index (χ1n) is 11.0. The first-order chi connectivity index (χ1) is 16.7. The lowest BCUT2D eigenvalue weighted by Crippen LogP contribution is -2.46. The minimum Gasteiger partial charge on any atom is -0.494 e. The Morgan fingerprint density at radius 1 is 1.00 bits per heavy atom. The van der Waals surface area contributed by atoms with Crippen LogP contribution < -0.4 is 19.7 Å². The molecule has 1 aliphatic heterocycles. The van der Waals surface area contributed by atoms with Gasteiger partial charge in [-0.3, -0.25) is 4.79 Å². The monoisotopic (exact) mass is 515 g/mol. The van der Waals surface area contributed by atoms with Gasteiger partial charge in [-0.15, -0.1) is 0 Å². The molecule has 1 aliphatic rings. The molecule has 1 fully saturated rings. The molecule has 8 nitrogen and oxygen atoms in total. The number of nitrogens with zero attached hydrogens (tertiary/aromatic N) is 2. The number of carbonyl (C=O) groups is 1. The zero-order valence-corrected chi connectivity index (χ0v) is 20.7. The van der Waals surface area contributed by atoms with E-state index in [1.165, 1.54) is 13.2 Å². The molecule has 1 heterocycles. The summed E-state index contributed by atoms with van der Waals surface area (Å²) in [6.45, 7) is 2.34. The van der Waals surface area contributed by atoms with Crippen molar-refractivity contribution in [3.8, 4) is 5.75 Å². The topological polar surface area (TPSA) is 113 Å². The maximum absolute atomic E-state index is 13.3. The van der Waals surface area contributed by atoms with Crippen molar-refractivity contribution in [2.24, 2.45) is 5.14 Å². The number of hydrogen-bond donors (Lipinski definition) is 2. The molecule has 1 unspecified atom stereocenters. The van der Waals surface area contributed by atoms with Crippen molar-refractivity contribution >= 4 is 38.8 Å². The predicted molar refractivity (Wildman–Crippen MR) is 136 cm³/mol. The number of carbonyl (C=O) groups excluding carboxylic acids is 1. The van der Waals surface area contributed by atoms with E-state index in [4.69, 9.17) is 21.5 Å². The van der Waals surface area contributed by atoms with Crippen LogP contribution in [0.4, 0.5) is 11.4 Å². The molecule has 1 atom stereocenters. The van der Waals surface area contributed by atoms with E-state index in [2.05, 4.69) is 4.90 Å². The first-order valence-corrected chi connectivity index (χ1v) is 12.9. The Balaban J connectivity index is 1.70. The van der Waals surface area contributed by atoms with Crippen molar-refractivity contribution < 1.29 is 23.1 Å². The van der Waals surface area contributed by atoms with Gasteiger partial charge in [0.2, 0.25) is 10.0 Å². The van der Waals surface area contributed by atoms with E-state index >= 15 is 0 Å². The van der Waals surface area contributed by atoms with Crippen molar-refractivity contribution in [3.05, 3.63) is 82.9 Å². The number of benzene rings is 3. The number of halogens is 1. The molecule has 10 heteroatoms. The fourth-order valence-corrected chi connectivity index (χ4v) is 4.94. The molecular formula is C25H26ClN3O5S. The van der Waals surface area contributed by atoms with Gasteiger partial charge in [0.15, 0.2) is 11.5 Å². The molecule has 4 rings (SSSR count). The highest BCUT2D eigenvalue weighted by Crippen LogP contribution is 2.38. The predicted octanol–water partition coefficient (Wildman–Crippen LogP) is 3.24. The molecular weight excluding hydrogens is 490 g/mol. The van der Waals surface area contributed by atoms with E-state index in [0.29, 0.717) is 42.5 Å². The SMILES string of the molecule is COc1c(C(=O)C(O)c2ccccc2)cc(S(N)(=O)=O)cc1N1CCN(c2cccc(Cl)c2)CC1. The molecule has 0 bridgehead atoms. The van der Waals surface area contributed by atoms with Gasteiger partial charge in [-0.1, -0.05) is 48.0 Å². The normalized spacial score (nSPS) is 15.1. The minimum atomic E-state index is -4.13. The van der Waals surface area contributed by atoms with E-state index < -0.39 is 21.9 Å². The third kappa shape index (κ3) is 5.43. The molecule has 3 N–H and O–H groups in total. The van der Waals surface area contributed by atoms with Crippen LogP contribution in [0.3, 0.4) is 0 Å². The number of primary sulfonamides is 1. The van der Waals surface area contributed by atoms with Gasteiger partial charge in [0.05, 0.1) is 23.3 Å². The van der Waals surface area contributed by atoms with Gasteiger partial charge in [0.25, 0.3) is 0 Å². The Bertz CT molecular complexity index is 1330. The molecule has 0 saturated carbocycles. The highest BCUT2D eigenvalue weighted by Gasteiger charge is 2.29. The number of anilines is 2. The fraction of sp³-hybridized carbons (Fsp3) is 0.240. The van der Waals surface area contributed by atoms with Crippen molar-refractivity contribution in [2.75, 3.05) is 43.1 Å². The number of Topliss-reactive ketones (excluding diaryl/α,β-unsaturated/α-hetero) is 1. The lowest BCUT2D eigenvalue weighted by atomic mass is 9.98. The number of rotatable bonds is 7. The first kappa shape index (κ1) is 25.0.